The summed E-state index contributed by atoms with van der Waals surface area (Å²) in [5, 5.41) is 5.25. The molecule has 0 heterocycles. The Morgan fingerprint density at radius 2 is 1.14 bits per heavy atom. The van der Waals surface area contributed by atoms with Crippen molar-refractivity contribution in [3.63, 3.8) is 0 Å². The highest BCUT2D eigenvalue weighted by Gasteiger charge is 2.13. The SMILES string of the molecule is CNS(=O)(=O)c1cccc(CNC(=O)NCc2cccc(S(=O)(=O)NC)c2)c1. The summed E-state index contributed by atoms with van der Waals surface area (Å²) in [6.07, 6.45) is 0. The predicted molar refractivity (Wildman–Crippen MR) is 104 cm³/mol. The Balaban J connectivity index is 1.94. The quantitative estimate of drug-likeness (QED) is 0.488. The van der Waals surface area contributed by atoms with Gasteiger partial charge in [0, 0.05) is 13.1 Å². The van der Waals surface area contributed by atoms with Crippen LogP contribution in [-0.4, -0.2) is 37.0 Å². The number of hydrogen-bond acceptors (Lipinski definition) is 5. The van der Waals surface area contributed by atoms with Crippen LogP contribution in [0.2, 0.25) is 0 Å². The summed E-state index contributed by atoms with van der Waals surface area (Å²) in [6.45, 7) is 0.264. The zero-order valence-corrected chi connectivity index (χ0v) is 17.0. The molecule has 2 rings (SSSR count). The fourth-order valence-electron chi connectivity index (χ4n) is 2.31. The van der Waals surface area contributed by atoms with Crippen molar-refractivity contribution in [1.82, 2.24) is 20.1 Å². The first kappa shape index (κ1) is 21.8. The lowest BCUT2D eigenvalue weighted by molar-refractivity contribution is 0.240. The van der Waals surface area contributed by atoms with Gasteiger partial charge in [0.25, 0.3) is 0 Å². The molecule has 0 aromatic heterocycles. The van der Waals surface area contributed by atoms with Gasteiger partial charge in [-0.15, -0.1) is 0 Å². The van der Waals surface area contributed by atoms with Crippen molar-refractivity contribution >= 4 is 26.1 Å². The maximum Gasteiger partial charge on any atom is 0.315 e. The second kappa shape index (κ2) is 9.15. The van der Waals surface area contributed by atoms with Gasteiger partial charge < -0.3 is 10.6 Å². The third kappa shape index (κ3) is 5.76. The lowest BCUT2D eigenvalue weighted by Gasteiger charge is -2.10. The van der Waals surface area contributed by atoms with Crippen LogP contribution in [0.4, 0.5) is 4.79 Å². The maximum atomic E-state index is 12.0. The van der Waals surface area contributed by atoms with Crippen LogP contribution in [0.3, 0.4) is 0 Å². The van der Waals surface area contributed by atoms with Gasteiger partial charge in [-0.3, -0.25) is 0 Å². The highest BCUT2D eigenvalue weighted by molar-refractivity contribution is 7.89. The molecule has 2 aromatic rings. The minimum Gasteiger partial charge on any atom is -0.334 e. The zero-order valence-electron chi connectivity index (χ0n) is 15.4. The standard InChI is InChI=1S/C17H22N4O5S2/c1-18-27(23,24)15-7-3-5-13(9-15)11-20-17(22)21-12-14-6-4-8-16(10-14)28(25,26)19-2/h3-10,18-19H,11-12H2,1-2H3,(H2,20,21,22). The van der Waals surface area contributed by atoms with Crippen LogP contribution in [0.5, 0.6) is 0 Å². The van der Waals surface area contributed by atoms with Crippen molar-refractivity contribution in [2.75, 3.05) is 14.1 Å². The van der Waals surface area contributed by atoms with Crippen LogP contribution >= 0.6 is 0 Å². The van der Waals surface area contributed by atoms with Gasteiger partial charge in [-0.2, -0.15) is 0 Å². The summed E-state index contributed by atoms with van der Waals surface area (Å²) in [5.41, 5.74) is 1.24. The van der Waals surface area contributed by atoms with E-state index in [1.165, 1.54) is 38.4 Å². The molecule has 0 saturated carbocycles. The monoisotopic (exact) mass is 426 g/mol. The van der Waals surface area contributed by atoms with Crippen LogP contribution in [-0.2, 0) is 33.1 Å². The lowest BCUT2D eigenvalue weighted by Crippen LogP contribution is -2.34. The number of urea groups is 1. The summed E-state index contributed by atoms with van der Waals surface area (Å²) < 4.78 is 51.7. The molecule has 11 heteroatoms. The molecule has 0 unspecified atom stereocenters. The first-order valence-electron chi connectivity index (χ1n) is 8.24. The third-order valence-corrected chi connectivity index (χ3v) is 6.69. The summed E-state index contributed by atoms with van der Waals surface area (Å²) in [7, 11) is -4.47. The summed E-state index contributed by atoms with van der Waals surface area (Å²) in [6, 6.07) is 12.0. The van der Waals surface area contributed by atoms with E-state index in [9.17, 15) is 21.6 Å². The predicted octanol–water partition coefficient (Wildman–Crippen LogP) is 0.502. The Morgan fingerprint density at radius 3 is 1.50 bits per heavy atom. The van der Waals surface area contributed by atoms with Crippen LogP contribution in [0.25, 0.3) is 0 Å². The highest BCUT2D eigenvalue weighted by atomic mass is 32.2. The Hall–Kier alpha value is -2.47. The minimum absolute atomic E-state index is 0.109. The molecule has 0 aliphatic rings. The number of sulfonamides is 2. The fraction of sp³-hybridized carbons (Fsp3) is 0.235. The molecule has 4 N–H and O–H groups in total. The molecule has 0 atom stereocenters. The molecule has 0 aliphatic heterocycles. The van der Waals surface area contributed by atoms with Crippen molar-refractivity contribution in [3.8, 4) is 0 Å². The molecule has 152 valence electrons. The van der Waals surface area contributed by atoms with Crippen molar-refractivity contribution < 1.29 is 21.6 Å². The van der Waals surface area contributed by atoms with Crippen molar-refractivity contribution in [1.29, 1.82) is 0 Å². The van der Waals surface area contributed by atoms with E-state index in [0.29, 0.717) is 11.1 Å². The number of carbonyl (C=O) groups is 1. The summed E-state index contributed by atoms with van der Waals surface area (Å²) >= 11 is 0. The molecule has 28 heavy (non-hydrogen) atoms. The van der Waals surface area contributed by atoms with E-state index in [1.807, 2.05) is 0 Å². The molecule has 0 aliphatic carbocycles. The maximum absolute atomic E-state index is 12.0. The fourth-order valence-corrected chi connectivity index (χ4v) is 3.91. The summed E-state index contributed by atoms with van der Waals surface area (Å²) in [4.78, 5) is 12.2. The third-order valence-electron chi connectivity index (χ3n) is 3.86. The van der Waals surface area contributed by atoms with Gasteiger partial charge in [-0.05, 0) is 49.5 Å². The van der Waals surface area contributed by atoms with Gasteiger partial charge in [0.15, 0.2) is 0 Å². The molecular formula is C17H22N4O5S2. The molecule has 2 amide bonds. The molecule has 2 aromatic carbocycles. The topological polar surface area (TPSA) is 133 Å². The van der Waals surface area contributed by atoms with Crippen molar-refractivity contribution in [2.24, 2.45) is 0 Å². The molecule has 0 spiro atoms. The minimum atomic E-state index is -3.56. The first-order valence-corrected chi connectivity index (χ1v) is 11.2. The Morgan fingerprint density at radius 1 is 0.750 bits per heavy atom. The van der Waals surface area contributed by atoms with Gasteiger partial charge in [-0.1, -0.05) is 24.3 Å². The average molecular weight is 427 g/mol. The number of carbonyl (C=O) groups excluding carboxylic acids is 1. The molecule has 0 radical (unpaired) electrons. The second-order valence-corrected chi connectivity index (χ2v) is 9.52. The van der Waals surface area contributed by atoms with Gasteiger partial charge >= 0.3 is 6.03 Å². The number of benzene rings is 2. The van der Waals surface area contributed by atoms with Gasteiger partial charge in [-0.25, -0.2) is 31.1 Å². The zero-order chi connectivity index (χ0) is 20.8. The van der Waals surface area contributed by atoms with Crippen molar-refractivity contribution in [3.05, 3.63) is 59.7 Å². The normalized spacial score (nSPS) is 11.8. The Labute approximate surface area is 164 Å². The van der Waals surface area contributed by atoms with Crippen LogP contribution < -0.4 is 20.1 Å². The Bertz CT molecular complexity index is 969. The molecule has 0 bridgehead atoms. The average Bonchev–Trinajstić information content (AvgIpc) is 2.71. The van der Waals surface area contributed by atoms with Crippen molar-refractivity contribution in [2.45, 2.75) is 22.9 Å². The lowest BCUT2D eigenvalue weighted by atomic mass is 10.2. The van der Waals surface area contributed by atoms with Crippen LogP contribution in [0.1, 0.15) is 11.1 Å². The first-order chi connectivity index (χ1) is 13.2. The number of rotatable bonds is 8. The summed E-state index contributed by atoms with van der Waals surface area (Å²) in [5.74, 6) is 0. The van der Waals surface area contributed by atoms with Crippen LogP contribution in [0.15, 0.2) is 58.3 Å². The molecule has 9 nitrogen and oxygen atoms in total. The van der Waals surface area contributed by atoms with Gasteiger partial charge in [0.05, 0.1) is 9.79 Å². The van der Waals surface area contributed by atoms with Gasteiger partial charge in [0.2, 0.25) is 20.0 Å². The smallest absolute Gasteiger partial charge is 0.315 e. The Kier molecular flexibility index (Phi) is 7.13. The number of hydrogen-bond donors (Lipinski definition) is 4. The largest absolute Gasteiger partial charge is 0.334 e. The van der Waals surface area contributed by atoms with Gasteiger partial charge in [0.1, 0.15) is 0 Å². The van der Waals surface area contributed by atoms with E-state index in [0.717, 1.165) is 0 Å². The highest BCUT2D eigenvalue weighted by Crippen LogP contribution is 2.12. The molecule has 0 saturated heterocycles. The molecule has 0 fully saturated rings. The van der Waals surface area contributed by atoms with E-state index in [1.54, 1.807) is 24.3 Å². The second-order valence-electron chi connectivity index (χ2n) is 5.75. The number of amides is 2. The van der Waals surface area contributed by atoms with E-state index in [2.05, 4.69) is 20.1 Å². The molecular weight excluding hydrogens is 404 g/mol. The van der Waals surface area contributed by atoms with E-state index in [-0.39, 0.29) is 22.9 Å². The van der Waals surface area contributed by atoms with Crippen LogP contribution in [0, 0.1) is 0 Å². The number of nitrogens with one attached hydrogen (secondary N) is 4. The van der Waals surface area contributed by atoms with E-state index < -0.39 is 26.1 Å². The van der Waals surface area contributed by atoms with E-state index >= 15 is 0 Å². The van der Waals surface area contributed by atoms with E-state index in [4.69, 9.17) is 0 Å².